The lowest BCUT2D eigenvalue weighted by atomic mass is 9.99. The summed E-state index contributed by atoms with van der Waals surface area (Å²) in [5, 5.41) is 0. The Balaban J connectivity index is 1.06. The fourth-order valence-electron chi connectivity index (χ4n) is 5.63. The molecule has 0 radical (unpaired) electrons. The average molecular weight is 493 g/mol. The normalized spacial score (nSPS) is 19.6. The molecule has 36 heavy (non-hydrogen) atoms. The zero-order valence-corrected chi connectivity index (χ0v) is 22.6. The molecule has 2 atom stereocenters. The summed E-state index contributed by atoms with van der Waals surface area (Å²) in [6.45, 7) is 2.89. The van der Waals surface area contributed by atoms with Gasteiger partial charge in [-0.1, -0.05) is 96.8 Å². The maximum atomic E-state index is 5.94. The monoisotopic (exact) mass is 492 g/mol. The highest BCUT2D eigenvalue weighted by molar-refractivity contribution is 5.55. The van der Waals surface area contributed by atoms with Crippen molar-refractivity contribution in [3.63, 3.8) is 0 Å². The van der Waals surface area contributed by atoms with Crippen LogP contribution in [0.15, 0.2) is 36.7 Å². The van der Waals surface area contributed by atoms with Crippen LogP contribution in [0.4, 0.5) is 0 Å². The van der Waals surface area contributed by atoms with Crippen LogP contribution in [0.25, 0.3) is 11.4 Å². The quantitative estimate of drug-likeness (QED) is 0.154. The smallest absolute Gasteiger partial charge is 0.159 e. The molecule has 198 valence electrons. The molecule has 1 aromatic carbocycles. The van der Waals surface area contributed by atoms with Crippen LogP contribution in [0.1, 0.15) is 115 Å². The summed E-state index contributed by atoms with van der Waals surface area (Å²) in [4.78, 5) is 9.24. The minimum Gasteiger partial charge on any atom is -0.491 e. The van der Waals surface area contributed by atoms with E-state index in [1.807, 2.05) is 36.7 Å². The summed E-state index contributed by atoms with van der Waals surface area (Å²) in [6, 6.07) is 8.12. The van der Waals surface area contributed by atoms with Crippen molar-refractivity contribution in [2.45, 2.75) is 128 Å². The number of aryl methyl sites for hydroxylation is 1. The summed E-state index contributed by atoms with van der Waals surface area (Å²) < 4.78 is 11.7. The molecule has 1 saturated carbocycles. The third kappa shape index (κ3) is 9.50. The Kier molecular flexibility index (Phi) is 11.6. The van der Waals surface area contributed by atoms with Crippen molar-refractivity contribution < 1.29 is 9.47 Å². The zero-order chi connectivity index (χ0) is 24.8. The molecule has 2 aromatic rings. The van der Waals surface area contributed by atoms with Gasteiger partial charge in [0.2, 0.25) is 0 Å². The van der Waals surface area contributed by atoms with E-state index in [-0.39, 0.29) is 6.10 Å². The van der Waals surface area contributed by atoms with Crippen LogP contribution in [-0.4, -0.2) is 28.8 Å². The molecule has 4 rings (SSSR count). The molecular weight excluding hydrogens is 444 g/mol. The first kappa shape index (κ1) is 27.1. The summed E-state index contributed by atoms with van der Waals surface area (Å²) in [5.41, 5.74) is 2.27. The lowest BCUT2D eigenvalue weighted by Gasteiger charge is -2.08. The minimum atomic E-state index is 0.267. The number of hydrogen-bond acceptors (Lipinski definition) is 4. The molecule has 0 bridgehead atoms. The molecule has 2 heterocycles. The average Bonchev–Trinajstić information content (AvgIpc) is 3.46. The van der Waals surface area contributed by atoms with E-state index in [1.165, 1.54) is 108 Å². The van der Waals surface area contributed by atoms with Gasteiger partial charge in [-0.3, -0.25) is 0 Å². The molecule has 1 aromatic heterocycles. The van der Waals surface area contributed by atoms with Crippen molar-refractivity contribution in [1.82, 2.24) is 9.97 Å². The molecule has 1 saturated heterocycles. The number of benzene rings is 1. The van der Waals surface area contributed by atoms with Gasteiger partial charge >= 0.3 is 0 Å². The Morgan fingerprint density at radius 3 is 2.19 bits per heavy atom. The fourth-order valence-corrected chi connectivity index (χ4v) is 5.63. The van der Waals surface area contributed by atoms with Gasteiger partial charge in [0, 0.05) is 18.0 Å². The van der Waals surface area contributed by atoms with Gasteiger partial charge < -0.3 is 9.47 Å². The van der Waals surface area contributed by atoms with Gasteiger partial charge in [0.25, 0.3) is 0 Å². The standard InChI is InChI=1S/C32H48N2O2/c1-2-3-4-11-18-30-31(36-30)25-35-29-21-19-28(20-22-29)32-33-23-27(24-34-32)17-10-8-6-5-7-9-14-26-15-12-13-16-26/h19-24,26,30-31H,2-18,25H2,1H3/t30-,31-/m1/s1. The number of rotatable bonds is 18. The molecule has 2 aliphatic rings. The van der Waals surface area contributed by atoms with Gasteiger partial charge in [0.05, 0.1) is 6.10 Å². The van der Waals surface area contributed by atoms with Gasteiger partial charge in [-0.2, -0.15) is 0 Å². The van der Waals surface area contributed by atoms with Crippen molar-refractivity contribution in [3.05, 3.63) is 42.2 Å². The molecule has 1 aliphatic heterocycles. The molecule has 0 spiro atoms. The summed E-state index contributed by atoms with van der Waals surface area (Å²) in [5.74, 6) is 2.72. The van der Waals surface area contributed by atoms with E-state index in [2.05, 4.69) is 16.9 Å². The summed E-state index contributed by atoms with van der Waals surface area (Å²) >= 11 is 0. The number of epoxide rings is 1. The number of nitrogens with zero attached hydrogens (tertiary/aromatic N) is 2. The van der Waals surface area contributed by atoms with Crippen LogP contribution < -0.4 is 4.74 Å². The number of aromatic nitrogens is 2. The van der Waals surface area contributed by atoms with Crippen molar-refractivity contribution in [1.29, 1.82) is 0 Å². The minimum absolute atomic E-state index is 0.267. The topological polar surface area (TPSA) is 47.5 Å². The highest BCUT2D eigenvalue weighted by atomic mass is 16.6. The Labute approximate surface area is 219 Å². The second-order valence-corrected chi connectivity index (χ2v) is 11.1. The number of ether oxygens (including phenoxy) is 2. The van der Waals surface area contributed by atoms with E-state index < -0.39 is 0 Å². The van der Waals surface area contributed by atoms with Crippen LogP contribution >= 0.6 is 0 Å². The zero-order valence-electron chi connectivity index (χ0n) is 22.6. The molecule has 4 heteroatoms. The van der Waals surface area contributed by atoms with E-state index in [1.54, 1.807) is 0 Å². The maximum Gasteiger partial charge on any atom is 0.159 e. The molecule has 0 amide bonds. The predicted molar refractivity (Wildman–Crippen MR) is 148 cm³/mol. The summed E-state index contributed by atoms with van der Waals surface area (Å²) in [7, 11) is 0. The third-order valence-corrected chi connectivity index (χ3v) is 8.06. The second kappa shape index (κ2) is 15.3. The summed E-state index contributed by atoms with van der Waals surface area (Å²) in [6.07, 6.45) is 27.7. The Morgan fingerprint density at radius 2 is 1.44 bits per heavy atom. The largest absolute Gasteiger partial charge is 0.491 e. The lowest BCUT2D eigenvalue weighted by molar-refractivity contribution is 0.259. The SMILES string of the molecule is CCCCCC[C@H]1O[C@@H]1COc1ccc(-c2ncc(CCCCCCCCC3CCCC3)cn2)cc1. The van der Waals surface area contributed by atoms with E-state index in [4.69, 9.17) is 9.47 Å². The Hall–Kier alpha value is -1.94. The first-order valence-electron chi connectivity index (χ1n) is 15.0. The van der Waals surface area contributed by atoms with E-state index in [0.29, 0.717) is 12.7 Å². The fraction of sp³-hybridized carbons (Fsp3) is 0.688. The Bertz CT molecular complexity index is 845. The van der Waals surface area contributed by atoms with Crippen molar-refractivity contribution in [2.75, 3.05) is 6.61 Å². The van der Waals surface area contributed by atoms with Crippen LogP contribution in [0.2, 0.25) is 0 Å². The van der Waals surface area contributed by atoms with Crippen molar-refractivity contribution in [2.24, 2.45) is 5.92 Å². The first-order valence-corrected chi connectivity index (χ1v) is 15.0. The van der Waals surface area contributed by atoms with Crippen molar-refractivity contribution >= 4 is 0 Å². The highest BCUT2D eigenvalue weighted by Gasteiger charge is 2.38. The highest BCUT2D eigenvalue weighted by Crippen LogP contribution is 2.30. The van der Waals surface area contributed by atoms with Gasteiger partial charge in [-0.15, -0.1) is 0 Å². The third-order valence-electron chi connectivity index (χ3n) is 8.06. The molecule has 0 N–H and O–H groups in total. The van der Waals surface area contributed by atoms with Crippen LogP contribution in [0.3, 0.4) is 0 Å². The van der Waals surface area contributed by atoms with E-state index in [0.717, 1.165) is 29.5 Å². The molecule has 1 aliphatic carbocycles. The maximum absolute atomic E-state index is 5.94. The Morgan fingerprint density at radius 1 is 0.778 bits per heavy atom. The molecule has 4 nitrogen and oxygen atoms in total. The van der Waals surface area contributed by atoms with Crippen molar-refractivity contribution in [3.8, 4) is 17.1 Å². The van der Waals surface area contributed by atoms with Gasteiger partial charge in [-0.25, -0.2) is 9.97 Å². The van der Waals surface area contributed by atoms with E-state index >= 15 is 0 Å². The lowest BCUT2D eigenvalue weighted by Crippen LogP contribution is -2.07. The van der Waals surface area contributed by atoms with Gasteiger partial charge in [-0.05, 0) is 55.0 Å². The molecular formula is C32H48N2O2. The van der Waals surface area contributed by atoms with Gasteiger partial charge in [0.15, 0.2) is 5.82 Å². The van der Waals surface area contributed by atoms with Crippen LogP contribution in [0.5, 0.6) is 5.75 Å². The van der Waals surface area contributed by atoms with E-state index in [9.17, 15) is 0 Å². The first-order chi connectivity index (χ1) is 17.8. The number of hydrogen-bond donors (Lipinski definition) is 0. The number of unbranched alkanes of at least 4 members (excludes halogenated alkanes) is 8. The van der Waals surface area contributed by atoms with Crippen LogP contribution in [-0.2, 0) is 11.2 Å². The predicted octanol–water partition coefficient (Wildman–Crippen LogP) is 8.72. The van der Waals surface area contributed by atoms with Gasteiger partial charge in [0.1, 0.15) is 18.5 Å². The molecule has 2 fully saturated rings. The second-order valence-electron chi connectivity index (χ2n) is 11.1. The van der Waals surface area contributed by atoms with Crippen LogP contribution in [0, 0.1) is 5.92 Å². The molecule has 0 unspecified atom stereocenters.